The molecule has 1 aliphatic heterocycles. The number of carbonyl (C=O) groups excluding carboxylic acids is 1. The molecule has 0 bridgehead atoms. The van der Waals surface area contributed by atoms with Crippen molar-refractivity contribution in [3.8, 4) is 11.1 Å². The van der Waals surface area contributed by atoms with E-state index >= 15 is 0 Å². The van der Waals surface area contributed by atoms with Gasteiger partial charge in [0.15, 0.2) is 0 Å². The number of pyridine rings is 1. The van der Waals surface area contributed by atoms with Crippen molar-refractivity contribution in [1.29, 1.82) is 0 Å². The molecular weight excluding hydrogens is 308 g/mol. The van der Waals surface area contributed by atoms with E-state index in [-0.39, 0.29) is 11.8 Å². The summed E-state index contributed by atoms with van der Waals surface area (Å²) in [5, 5.41) is 0. The van der Waals surface area contributed by atoms with Crippen molar-refractivity contribution in [3.63, 3.8) is 0 Å². The Hall–Kier alpha value is -2.94. The van der Waals surface area contributed by atoms with E-state index in [1.54, 1.807) is 12.4 Å². The number of hydrogen-bond acceptors (Lipinski definition) is 2. The third kappa shape index (κ3) is 3.31. The highest BCUT2D eigenvalue weighted by Gasteiger charge is 2.32. The second kappa shape index (κ2) is 6.89. The van der Waals surface area contributed by atoms with Gasteiger partial charge in [-0.3, -0.25) is 9.78 Å². The molecule has 2 heterocycles. The van der Waals surface area contributed by atoms with Gasteiger partial charge in [-0.2, -0.15) is 0 Å². The Balaban J connectivity index is 1.48. The number of rotatable bonds is 4. The Morgan fingerprint density at radius 2 is 1.56 bits per heavy atom. The predicted molar refractivity (Wildman–Crippen MR) is 100 cm³/mol. The highest BCUT2D eigenvalue weighted by molar-refractivity contribution is 5.97. The van der Waals surface area contributed by atoms with Gasteiger partial charge < -0.3 is 4.90 Å². The van der Waals surface area contributed by atoms with E-state index < -0.39 is 0 Å². The van der Waals surface area contributed by atoms with Crippen LogP contribution >= 0.6 is 0 Å². The van der Waals surface area contributed by atoms with Gasteiger partial charge in [-0.1, -0.05) is 42.5 Å². The molecule has 124 valence electrons. The summed E-state index contributed by atoms with van der Waals surface area (Å²) in [4.78, 5) is 18.8. The van der Waals surface area contributed by atoms with Crippen LogP contribution in [0.1, 0.15) is 12.0 Å². The maximum atomic E-state index is 12.8. The zero-order chi connectivity index (χ0) is 17.1. The fourth-order valence-electron chi connectivity index (χ4n) is 3.46. The van der Waals surface area contributed by atoms with Gasteiger partial charge in [-0.15, -0.1) is 0 Å². The summed E-state index contributed by atoms with van der Waals surface area (Å²) in [7, 11) is 0. The summed E-state index contributed by atoms with van der Waals surface area (Å²) < 4.78 is 0. The fraction of sp³-hybridized carbons (Fsp3) is 0.182. The van der Waals surface area contributed by atoms with Crippen LogP contribution in [0.5, 0.6) is 0 Å². The molecule has 0 radical (unpaired) electrons. The molecule has 1 saturated heterocycles. The second-order valence-electron chi connectivity index (χ2n) is 6.45. The van der Waals surface area contributed by atoms with E-state index in [4.69, 9.17) is 0 Å². The summed E-state index contributed by atoms with van der Waals surface area (Å²) >= 11 is 0. The molecule has 1 aliphatic rings. The lowest BCUT2D eigenvalue weighted by molar-refractivity contribution is -0.120. The van der Waals surface area contributed by atoms with Crippen LogP contribution in [0.15, 0.2) is 79.1 Å². The van der Waals surface area contributed by atoms with E-state index in [0.29, 0.717) is 0 Å². The van der Waals surface area contributed by atoms with Crippen molar-refractivity contribution >= 4 is 11.6 Å². The number of anilines is 1. The third-order valence-corrected chi connectivity index (χ3v) is 4.83. The predicted octanol–water partition coefficient (Wildman–Crippen LogP) is 4.34. The minimum atomic E-state index is 0.0854. The molecule has 1 unspecified atom stereocenters. The summed E-state index contributed by atoms with van der Waals surface area (Å²) in [5.41, 5.74) is 4.49. The first kappa shape index (κ1) is 15.6. The van der Waals surface area contributed by atoms with Crippen LogP contribution < -0.4 is 4.90 Å². The lowest BCUT2D eigenvalue weighted by Gasteiger charge is -2.17. The molecule has 0 aliphatic carbocycles. The first-order valence-corrected chi connectivity index (χ1v) is 8.67. The van der Waals surface area contributed by atoms with Gasteiger partial charge in [0.1, 0.15) is 0 Å². The van der Waals surface area contributed by atoms with Crippen LogP contribution in [0.25, 0.3) is 11.1 Å². The van der Waals surface area contributed by atoms with E-state index in [9.17, 15) is 4.79 Å². The van der Waals surface area contributed by atoms with Crippen LogP contribution in [0.2, 0.25) is 0 Å². The van der Waals surface area contributed by atoms with E-state index in [0.717, 1.165) is 36.2 Å². The Kier molecular flexibility index (Phi) is 4.30. The molecule has 1 atom stereocenters. The van der Waals surface area contributed by atoms with Crippen molar-refractivity contribution < 1.29 is 4.79 Å². The topological polar surface area (TPSA) is 33.2 Å². The molecule has 4 rings (SSSR count). The molecule has 1 fully saturated rings. The summed E-state index contributed by atoms with van der Waals surface area (Å²) in [6, 6.07) is 22.5. The van der Waals surface area contributed by atoms with Gasteiger partial charge in [0.2, 0.25) is 5.91 Å². The quantitative estimate of drug-likeness (QED) is 0.713. The summed E-state index contributed by atoms with van der Waals surface area (Å²) in [5.74, 6) is 0.322. The summed E-state index contributed by atoms with van der Waals surface area (Å²) in [6.45, 7) is 0.797. The van der Waals surface area contributed by atoms with Crippen molar-refractivity contribution in [2.24, 2.45) is 5.92 Å². The monoisotopic (exact) mass is 328 g/mol. The van der Waals surface area contributed by atoms with Gasteiger partial charge in [0.05, 0.1) is 0 Å². The first-order chi connectivity index (χ1) is 12.3. The first-order valence-electron chi connectivity index (χ1n) is 8.67. The molecule has 3 nitrogen and oxygen atoms in total. The molecule has 0 N–H and O–H groups in total. The lowest BCUT2D eigenvalue weighted by atomic mass is 9.98. The fourth-order valence-corrected chi connectivity index (χ4v) is 3.46. The Bertz CT molecular complexity index is 844. The Morgan fingerprint density at radius 1 is 0.880 bits per heavy atom. The molecule has 3 aromatic rings. The van der Waals surface area contributed by atoms with Gasteiger partial charge in [-0.05, 0) is 53.8 Å². The second-order valence-corrected chi connectivity index (χ2v) is 6.45. The average Bonchev–Trinajstić information content (AvgIpc) is 3.04. The number of carbonyl (C=O) groups is 1. The highest BCUT2D eigenvalue weighted by Crippen LogP contribution is 2.29. The van der Waals surface area contributed by atoms with Gasteiger partial charge in [0.25, 0.3) is 0 Å². The van der Waals surface area contributed by atoms with Crippen molar-refractivity contribution in [1.82, 2.24) is 4.98 Å². The van der Waals surface area contributed by atoms with Gasteiger partial charge in [-0.25, -0.2) is 0 Å². The number of hydrogen-bond donors (Lipinski definition) is 0. The zero-order valence-corrected chi connectivity index (χ0v) is 14.0. The van der Waals surface area contributed by atoms with Crippen molar-refractivity contribution in [2.45, 2.75) is 12.8 Å². The molecular formula is C22H20N2O. The zero-order valence-electron chi connectivity index (χ0n) is 14.0. The smallest absolute Gasteiger partial charge is 0.230 e. The minimum absolute atomic E-state index is 0.0854. The van der Waals surface area contributed by atoms with Crippen LogP contribution in [-0.2, 0) is 11.2 Å². The van der Waals surface area contributed by atoms with Gasteiger partial charge >= 0.3 is 0 Å². The third-order valence-electron chi connectivity index (χ3n) is 4.83. The molecule has 2 aromatic carbocycles. The van der Waals surface area contributed by atoms with Crippen LogP contribution in [0.4, 0.5) is 5.69 Å². The Labute approximate surface area is 148 Å². The SMILES string of the molecule is O=C1C(Cc2ccccc2)CCN1c1ccc(-c2ccncc2)cc1. The minimum Gasteiger partial charge on any atom is -0.312 e. The molecule has 1 aromatic heterocycles. The van der Waals surface area contributed by atoms with E-state index in [1.807, 2.05) is 47.4 Å². The largest absolute Gasteiger partial charge is 0.312 e. The van der Waals surface area contributed by atoms with E-state index in [1.165, 1.54) is 5.56 Å². The number of nitrogens with zero attached hydrogens (tertiary/aromatic N) is 2. The maximum absolute atomic E-state index is 12.8. The van der Waals surface area contributed by atoms with Crippen LogP contribution in [0.3, 0.4) is 0 Å². The molecule has 25 heavy (non-hydrogen) atoms. The standard InChI is InChI=1S/C22H20N2O/c25-22-20(16-17-4-2-1-3-5-17)12-15-24(22)21-8-6-18(7-9-21)19-10-13-23-14-11-19/h1-11,13-14,20H,12,15-16H2. The Morgan fingerprint density at radius 3 is 2.28 bits per heavy atom. The summed E-state index contributed by atoms with van der Waals surface area (Å²) in [6.07, 6.45) is 5.33. The molecule has 3 heteroatoms. The normalized spacial score (nSPS) is 17.0. The van der Waals surface area contributed by atoms with Crippen LogP contribution in [-0.4, -0.2) is 17.4 Å². The number of amides is 1. The molecule has 0 saturated carbocycles. The van der Waals surface area contributed by atoms with Crippen molar-refractivity contribution in [2.75, 3.05) is 11.4 Å². The molecule has 0 spiro atoms. The van der Waals surface area contributed by atoms with Crippen molar-refractivity contribution in [3.05, 3.63) is 84.7 Å². The van der Waals surface area contributed by atoms with Crippen LogP contribution in [0, 0.1) is 5.92 Å². The highest BCUT2D eigenvalue weighted by atomic mass is 16.2. The van der Waals surface area contributed by atoms with E-state index in [2.05, 4.69) is 29.2 Å². The maximum Gasteiger partial charge on any atom is 0.230 e. The number of benzene rings is 2. The number of aromatic nitrogens is 1. The lowest BCUT2D eigenvalue weighted by Crippen LogP contribution is -2.27. The van der Waals surface area contributed by atoms with Gasteiger partial charge in [0, 0.05) is 30.5 Å². The average molecular weight is 328 g/mol. The molecule has 1 amide bonds.